The molecule has 3 rings (SSSR count). The van der Waals surface area contributed by atoms with Crippen LogP contribution in [0.4, 0.5) is 26.3 Å². The fourth-order valence-electron chi connectivity index (χ4n) is 4.69. The number of benzene rings is 2. The lowest BCUT2D eigenvalue weighted by molar-refractivity contribution is -0.143. The fraction of sp³-hybridized carbons (Fsp3) is 0.500. The molecule has 38 heavy (non-hydrogen) atoms. The zero-order valence-electron chi connectivity index (χ0n) is 21.5. The van der Waals surface area contributed by atoms with E-state index in [0.29, 0.717) is 38.3 Å². The van der Waals surface area contributed by atoms with Gasteiger partial charge in [-0.1, -0.05) is 30.3 Å². The van der Waals surface area contributed by atoms with Gasteiger partial charge in [-0.25, -0.2) is 0 Å². The molecule has 210 valence electrons. The molecule has 1 fully saturated rings. The second-order valence-corrected chi connectivity index (χ2v) is 9.29. The third-order valence-corrected chi connectivity index (χ3v) is 6.73. The molecule has 2 N–H and O–H groups in total. The van der Waals surface area contributed by atoms with Gasteiger partial charge in [-0.3, -0.25) is 25.2 Å². The van der Waals surface area contributed by atoms with Gasteiger partial charge in [-0.2, -0.15) is 26.3 Å². The molecule has 1 atom stereocenters. The Morgan fingerprint density at radius 3 is 1.84 bits per heavy atom. The lowest BCUT2D eigenvalue weighted by Crippen LogP contribution is -2.60. The minimum absolute atomic E-state index is 0.0141. The number of piperazine rings is 1. The molecule has 0 aliphatic carbocycles. The molecule has 1 amide bonds. The van der Waals surface area contributed by atoms with E-state index in [2.05, 4.69) is 20.4 Å². The lowest BCUT2D eigenvalue weighted by Gasteiger charge is -2.42. The van der Waals surface area contributed by atoms with E-state index in [4.69, 9.17) is 0 Å². The van der Waals surface area contributed by atoms with E-state index < -0.39 is 29.5 Å². The molecular formula is C26H33F6N5O. The van der Waals surface area contributed by atoms with Gasteiger partial charge in [-0.05, 0) is 49.8 Å². The van der Waals surface area contributed by atoms with E-state index in [1.807, 2.05) is 44.4 Å². The number of nitrogens with zero attached hydrogens (tertiary/aromatic N) is 3. The van der Waals surface area contributed by atoms with Crippen molar-refractivity contribution in [2.24, 2.45) is 0 Å². The van der Waals surface area contributed by atoms with E-state index in [9.17, 15) is 31.1 Å². The van der Waals surface area contributed by atoms with Crippen molar-refractivity contribution < 1.29 is 31.1 Å². The Morgan fingerprint density at radius 2 is 1.37 bits per heavy atom. The van der Waals surface area contributed by atoms with Gasteiger partial charge < -0.3 is 4.90 Å². The van der Waals surface area contributed by atoms with Crippen molar-refractivity contribution in [3.05, 3.63) is 70.8 Å². The quantitative estimate of drug-likeness (QED) is 0.371. The zero-order chi connectivity index (χ0) is 28.1. The van der Waals surface area contributed by atoms with Gasteiger partial charge in [0.1, 0.15) is 12.3 Å². The van der Waals surface area contributed by atoms with Crippen molar-refractivity contribution in [3.8, 4) is 0 Å². The van der Waals surface area contributed by atoms with Crippen LogP contribution >= 0.6 is 0 Å². The van der Waals surface area contributed by atoms with Crippen molar-refractivity contribution in [1.29, 1.82) is 0 Å². The van der Waals surface area contributed by atoms with Crippen molar-refractivity contribution in [1.82, 2.24) is 25.3 Å². The topological polar surface area (TPSA) is 50.9 Å². The predicted molar refractivity (Wildman–Crippen MR) is 132 cm³/mol. The highest BCUT2D eigenvalue weighted by Gasteiger charge is 2.37. The highest BCUT2D eigenvalue weighted by molar-refractivity contribution is 5.83. The van der Waals surface area contributed by atoms with Crippen LogP contribution in [0.2, 0.25) is 0 Å². The summed E-state index contributed by atoms with van der Waals surface area (Å²) in [5, 5.41) is 6.35. The van der Waals surface area contributed by atoms with Gasteiger partial charge in [-0.15, -0.1) is 0 Å². The monoisotopic (exact) mass is 545 g/mol. The van der Waals surface area contributed by atoms with Gasteiger partial charge in [0.15, 0.2) is 0 Å². The maximum Gasteiger partial charge on any atom is 0.416 e. The summed E-state index contributed by atoms with van der Waals surface area (Å²) >= 11 is 0. The second-order valence-electron chi connectivity index (χ2n) is 9.29. The van der Waals surface area contributed by atoms with Crippen LogP contribution in [-0.4, -0.2) is 80.8 Å². The summed E-state index contributed by atoms with van der Waals surface area (Å²) in [4.78, 5) is 19.3. The number of hydrogen-bond donors (Lipinski definition) is 2. The molecule has 12 heteroatoms. The first-order valence-electron chi connectivity index (χ1n) is 12.3. The second kappa shape index (κ2) is 12.5. The molecule has 6 nitrogen and oxygen atoms in total. The molecule has 0 aromatic heterocycles. The Balaban J connectivity index is 1.77. The molecule has 1 saturated heterocycles. The third kappa shape index (κ3) is 7.46. The smallest absolute Gasteiger partial charge is 0.344 e. The van der Waals surface area contributed by atoms with Gasteiger partial charge in [0.25, 0.3) is 0 Å². The maximum absolute atomic E-state index is 13.6. The summed E-state index contributed by atoms with van der Waals surface area (Å²) < 4.78 is 79.4. The van der Waals surface area contributed by atoms with Crippen LogP contribution in [0.25, 0.3) is 0 Å². The van der Waals surface area contributed by atoms with Gasteiger partial charge in [0, 0.05) is 39.8 Å². The van der Waals surface area contributed by atoms with Crippen molar-refractivity contribution >= 4 is 5.91 Å². The summed E-state index contributed by atoms with van der Waals surface area (Å²) in [5.74, 6) is -0.272. The Kier molecular flexibility index (Phi) is 9.80. The number of likely N-dealkylation sites (N-methyl/N-ethyl adjacent to an activating group) is 1. The minimum Gasteiger partial charge on any atom is -0.344 e. The third-order valence-electron chi connectivity index (χ3n) is 6.73. The number of nitrogens with one attached hydrogen (secondary N) is 2. The first-order chi connectivity index (χ1) is 17.8. The maximum atomic E-state index is 13.6. The summed E-state index contributed by atoms with van der Waals surface area (Å²) in [6, 6.07) is 10.1. The average Bonchev–Trinajstić information content (AvgIpc) is 2.88. The number of halogens is 6. The van der Waals surface area contributed by atoms with E-state index in [1.54, 1.807) is 0 Å². The number of rotatable bonds is 9. The summed E-state index contributed by atoms with van der Waals surface area (Å²) in [5.41, 5.74) is -2.09. The highest BCUT2D eigenvalue weighted by atomic mass is 19.4. The summed E-state index contributed by atoms with van der Waals surface area (Å²) in [6.45, 7) is 2.54. The predicted octanol–water partition coefficient (Wildman–Crippen LogP) is 3.81. The molecule has 2 aromatic rings. The van der Waals surface area contributed by atoms with E-state index in [-0.39, 0.29) is 36.8 Å². The lowest BCUT2D eigenvalue weighted by atomic mass is 10.0. The van der Waals surface area contributed by atoms with Gasteiger partial charge in [0.2, 0.25) is 5.91 Å². The Bertz CT molecular complexity index is 1020. The van der Waals surface area contributed by atoms with Crippen molar-refractivity contribution in [2.75, 3.05) is 53.9 Å². The molecular weight excluding hydrogens is 512 g/mol. The van der Waals surface area contributed by atoms with Gasteiger partial charge in [0.05, 0.1) is 11.1 Å². The normalized spacial score (nSPS) is 16.6. The molecule has 2 aromatic carbocycles. The molecule has 0 radical (unpaired) electrons. The average molecular weight is 546 g/mol. The minimum atomic E-state index is -4.92. The number of amides is 1. The fourth-order valence-corrected chi connectivity index (χ4v) is 4.69. The van der Waals surface area contributed by atoms with Gasteiger partial charge >= 0.3 is 12.4 Å². The molecule has 0 spiro atoms. The first kappa shape index (κ1) is 29.9. The van der Waals surface area contributed by atoms with E-state index >= 15 is 0 Å². The first-order valence-corrected chi connectivity index (χ1v) is 12.3. The molecule has 1 heterocycles. The Morgan fingerprint density at radius 1 is 0.868 bits per heavy atom. The van der Waals surface area contributed by atoms with E-state index in [0.717, 1.165) is 5.56 Å². The number of hydrogen-bond acceptors (Lipinski definition) is 5. The summed E-state index contributed by atoms with van der Waals surface area (Å²) in [7, 11) is 5.21. The zero-order valence-corrected chi connectivity index (χ0v) is 21.5. The van der Waals surface area contributed by atoms with Crippen molar-refractivity contribution in [3.63, 3.8) is 0 Å². The highest BCUT2D eigenvalue weighted by Crippen LogP contribution is 2.36. The van der Waals surface area contributed by atoms with Crippen molar-refractivity contribution in [2.45, 2.75) is 31.1 Å². The van der Waals surface area contributed by atoms with Crippen LogP contribution < -0.4 is 10.6 Å². The van der Waals surface area contributed by atoms with E-state index in [1.165, 1.54) is 11.9 Å². The SMILES string of the molecule is CNC(NC)N1CCN(C(C(=O)N(C)CCc2cc(C(F)(F)F)cc(C(F)(F)F)c2)c2ccccc2)CC1. The Hall–Kier alpha value is -2.67. The largest absolute Gasteiger partial charge is 0.416 e. The molecule has 1 aliphatic rings. The summed E-state index contributed by atoms with van der Waals surface area (Å²) in [6.07, 6.45) is -10.0. The number of alkyl halides is 6. The van der Waals surface area contributed by atoms with Crippen LogP contribution in [0, 0.1) is 0 Å². The molecule has 1 unspecified atom stereocenters. The molecule has 0 bridgehead atoms. The molecule has 1 aliphatic heterocycles. The van der Waals surface area contributed by atoms with Crippen LogP contribution in [0.1, 0.15) is 28.3 Å². The van der Waals surface area contributed by atoms with Crippen LogP contribution in [0.15, 0.2) is 48.5 Å². The molecule has 0 saturated carbocycles. The Labute approximate surface area is 218 Å². The van der Waals surface area contributed by atoms with Crippen LogP contribution in [-0.2, 0) is 23.6 Å². The standard InChI is InChI=1S/C26H33F6N5O/c1-33-24(34-2)37-13-11-36(12-14-37)22(19-7-5-4-6-8-19)23(38)35(3)10-9-18-15-20(25(27,28)29)17-21(16-18)26(30,31)32/h4-8,15-17,22,24,33-34H,9-14H2,1-3H3. The number of carbonyl (C=O) groups is 1. The number of carbonyl (C=O) groups excluding carboxylic acids is 1. The van der Waals surface area contributed by atoms with Crippen LogP contribution in [0.5, 0.6) is 0 Å². The van der Waals surface area contributed by atoms with Crippen LogP contribution in [0.3, 0.4) is 0 Å².